The van der Waals surface area contributed by atoms with Crippen molar-refractivity contribution in [2.75, 3.05) is 0 Å². The van der Waals surface area contributed by atoms with E-state index in [4.69, 9.17) is 18.9 Å². The molecular weight excluding hydrogens is 833 g/mol. The number of ether oxygens (including phenoxy) is 4. The van der Waals surface area contributed by atoms with Gasteiger partial charge in [0.25, 0.3) is 0 Å². The molecule has 0 amide bonds. The van der Waals surface area contributed by atoms with Crippen LogP contribution < -0.4 is 18.9 Å². The summed E-state index contributed by atoms with van der Waals surface area (Å²) in [5.74, 6) is -1.86. The number of hydrogen-bond donors (Lipinski definition) is 0. The number of Topliss-reactive ketones (excluding diaryl/α,β-unsaturated/α-hetero) is 2. The van der Waals surface area contributed by atoms with Crippen LogP contribution in [0.25, 0.3) is 32.7 Å². The molecule has 66 heavy (non-hydrogen) atoms. The van der Waals surface area contributed by atoms with Gasteiger partial charge in [-0.2, -0.15) is 0 Å². The minimum absolute atomic E-state index is 0.0335. The van der Waals surface area contributed by atoms with E-state index in [0.29, 0.717) is 11.1 Å². The van der Waals surface area contributed by atoms with Gasteiger partial charge >= 0.3 is 23.9 Å². The van der Waals surface area contributed by atoms with Crippen LogP contribution in [-0.2, 0) is 22.4 Å². The summed E-state index contributed by atoms with van der Waals surface area (Å²) >= 11 is 0. The zero-order chi connectivity index (χ0) is 46.2. The average Bonchev–Trinajstić information content (AvgIpc) is 3.34. The van der Waals surface area contributed by atoms with Gasteiger partial charge in [0.15, 0.2) is 11.6 Å². The van der Waals surface area contributed by atoms with Gasteiger partial charge < -0.3 is 18.9 Å². The number of carbonyl (C=O) groups excluding carboxylic acids is 6. The fraction of sp³-hybridized carbons (Fsp3) is 0.0357. The van der Waals surface area contributed by atoms with Crippen molar-refractivity contribution in [3.05, 3.63) is 229 Å². The molecule has 0 bridgehead atoms. The van der Waals surface area contributed by atoms with Crippen LogP contribution in [-0.4, -0.2) is 35.4 Å². The number of carbonyl (C=O) groups is 6. The summed E-state index contributed by atoms with van der Waals surface area (Å²) in [6.45, 7) is 6.73. The third kappa shape index (κ3) is 9.94. The lowest BCUT2D eigenvalue weighted by Gasteiger charge is -2.19. The second-order valence-electron chi connectivity index (χ2n) is 15.0. The average molecular weight is 871 g/mol. The molecule has 8 aromatic rings. The minimum atomic E-state index is -0.630. The van der Waals surface area contributed by atoms with E-state index in [0.717, 1.165) is 56.0 Å². The lowest BCUT2D eigenvalue weighted by molar-refractivity contribution is -0.129. The first kappa shape index (κ1) is 43.6. The maximum atomic E-state index is 14.1. The van der Waals surface area contributed by atoms with E-state index < -0.39 is 23.9 Å². The molecule has 0 aliphatic rings. The van der Waals surface area contributed by atoms with Crippen LogP contribution in [0, 0.1) is 0 Å². The predicted octanol–water partition coefficient (Wildman–Crippen LogP) is 11.1. The molecule has 0 saturated heterocycles. The summed E-state index contributed by atoms with van der Waals surface area (Å²) in [6, 6.07) is 48.2. The van der Waals surface area contributed by atoms with Crippen LogP contribution in [0.4, 0.5) is 0 Å². The Morgan fingerprint density at radius 1 is 0.364 bits per heavy atom. The summed E-state index contributed by atoms with van der Waals surface area (Å²) < 4.78 is 21.2. The van der Waals surface area contributed by atoms with Crippen molar-refractivity contribution in [1.82, 2.24) is 0 Å². The Hall–Kier alpha value is -9.02. The second kappa shape index (κ2) is 19.6. The van der Waals surface area contributed by atoms with Gasteiger partial charge in [-0.05, 0) is 141 Å². The maximum Gasteiger partial charge on any atom is 0.343 e. The number of rotatable bonds is 15. The monoisotopic (exact) mass is 870 g/mol. The van der Waals surface area contributed by atoms with Gasteiger partial charge in [0.2, 0.25) is 0 Å². The topological polar surface area (TPSA) is 139 Å². The summed E-state index contributed by atoms with van der Waals surface area (Å²) in [4.78, 5) is 77.0. The highest BCUT2D eigenvalue weighted by atomic mass is 16.5. The Kier molecular flexibility index (Phi) is 12.9. The van der Waals surface area contributed by atoms with Crippen LogP contribution in [0.1, 0.15) is 52.6 Å². The molecule has 322 valence electrons. The molecule has 0 aromatic heterocycles. The van der Waals surface area contributed by atoms with Crippen molar-refractivity contribution in [2.24, 2.45) is 0 Å². The maximum absolute atomic E-state index is 14.1. The molecule has 0 heterocycles. The molecule has 0 saturated carbocycles. The fourth-order valence-corrected chi connectivity index (χ4v) is 7.45. The third-order valence-electron chi connectivity index (χ3n) is 10.7. The quantitative estimate of drug-likeness (QED) is 0.0423. The fourth-order valence-electron chi connectivity index (χ4n) is 7.45. The van der Waals surface area contributed by atoms with Gasteiger partial charge in [-0.1, -0.05) is 86.0 Å². The largest absolute Gasteiger partial charge is 0.423 e. The molecule has 10 nitrogen and oxygen atoms in total. The summed E-state index contributed by atoms with van der Waals surface area (Å²) in [5, 5.41) is 3.76. The molecule has 0 atom stereocenters. The first-order valence-corrected chi connectivity index (χ1v) is 20.7. The van der Waals surface area contributed by atoms with E-state index >= 15 is 0 Å². The van der Waals surface area contributed by atoms with Crippen molar-refractivity contribution in [1.29, 1.82) is 0 Å². The molecule has 0 aliphatic heterocycles. The lowest BCUT2D eigenvalue weighted by atomic mass is 9.84. The number of ketones is 2. The molecule has 0 fully saturated rings. The Bertz CT molecular complexity index is 2980. The van der Waals surface area contributed by atoms with Gasteiger partial charge in [-0.15, -0.1) is 0 Å². The minimum Gasteiger partial charge on any atom is -0.423 e. The Morgan fingerprint density at radius 2 is 0.682 bits per heavy atom. The van der Waals surface area contributed by atoms with E-state index in [9.17, 15) is 28.8 Å². The van der Waals surface area contributed by atoms with Gasteiger partial charge in [-0.3, -0.25) is 9.59 Å². The van der Waals surface area contributed by atoms with Crippen LogP contribution >= 0.6 is 0 Å². The highest BCUT2D eigenvalue weighted by molar-refractivity contribution is 6.11. The van der Waals surface area contributed by atoms with Gasteiger partial charge in [0, 0.05) is 36.1 Å². The zero-order valence-electron chi connectivity index (χ0n) is 35.2. The summed E-state index contributed by atoms with van der Waals surface area (Å²) in [7, 11) is 0. The van der Waals surface area contributed by atoms with Crippen LogP contribution in [0.15, 0.2) is 195 Å². The van der Waals surface area contributed by atoms with Crippen LogP contribution in [0.5, 0.6) is 23.0 Å². The van der Waals surface area contributed by atoms with E-state index in [1.807, 2.05) is 72.8 Å². The zero-order valence-corrected chi connectivity index (χ0v) is 35.2. The Labute approximate surface area is 379 Å². The summed E-state index contributed by atoms with van der Waals surface area (Å²) in [5.41, 5.74) is 4.50. The van der Waals surface area contributed by atoms with Gasteiger partial charge in [-0.25, -0.2) is 19.2 Å². The van der Waals surface area contributed by atoms with Crippen LogP contribution in [0.2, 0.25) is 0 Å². The highest BCUT2D eigenvalue weighted by Crippen LogP contribution is 2.40. The first-order valence-electron chi connectivity index (χ1n) is 20.7. The van der Waals surface area contributed by atoms with Crippen molar-refractivity contribution in [2.45, 2.75) is 12.8 Å². The van der Waals surface area contributed by atoms with Crippen LogP contribution in [0.3, 0.4) is 0 Å². The lowest BCUT2D eigenvalue weighted by Crippen LogP contribution is -2.10. The van der Waals surface area contributed by atoms with Gasteiger partial charge in [0.05, 0.1) is 11.1 Å². The van der Waals surface area contributed by atoms with E-state index in [-0.39, 0.29) is 58.5 Å². The third-order valence-corrected chi connectivity index (χ3v) is 10.7. The molecule has 0 unspecified atom stereocenters. The van der Waals surface area contributed by atoms with Crippen molar-refractivity contribution >= 4 is 57.0 Å². The highest BCUT2D eigenvalue weighted by Gasteiger charge is 2.22. The standard InChI is InChI=1S/C56H38O10/c1-3-51(59)63-43-29-21-39(22-30-43)55(61)65-45-25-17-37(18-26-45)49(57)33-41-15-13-35-9-5-7-11-47(35)53(41)54-42(16-14-36-10-6-8-12-48(36)54)34-50(58)38-19-27-46(28-20-38)66-56(62)40-23-31-44(32-24-40)64-52(60)4-2/h3-32H,1-2,33-34H2. The van der Waals surface area contributed by atoms with Crippen molar-refractivity contribution in [3.63, 3.8) is 0 Å². The predicted molar refractivity (Wildman–Crippen MR) is 250 cm³/mol. The smallest absolute Gasteiger partial charge is 0.343 e. The number of esters is 4. The van der Waals surface area contributed by atoms with E-state index in [1.54, 1.807) is 48.5 Å². The Morgan fingerprint density at radius 3 is 1.03 bits per heavy atom. The molecule has 10 heteroatoms. The van der Waals surface area contributed by atoms with Crippen molar-refractivity contribution in [3.8, 4) is 34.1 Å². The first-order chi connectivity index (χ1) is 32.1. The van der Waals surface area contributed by atoms with E-state index in [2.05, 4.69) is 13.2 Å². The number of hydrogen-bond acceptors (Lipinski definition) is 10. The number of benzene rings is 8. The summed E-state index contributed by atoms with van der Waals surface area (Å²) in [6.07, 6.45) is 2.14. The molecule has 0 spiro atoms. The SMILES string of the molecule is C=CC(=O)Oc1ccc(C(=O)Oc2ccc(C(=O)Cc3ccc4ccccc4c3-c3c(CC(=O)c4ccc(OC(=O)c5ccc(OC(=O)C=C)cc5)cc4)ccc4ccccc34)cc2)cc1. The number of fused-ring (bicyclic) bond motifs is 2. The van der Waals surface area contributed by atoms with Crippen molar-refractivity contribution < 1.29 is 47.7 Å². The second-order valence-corrected chi connectivity index (χ2v) is 15.0. The van der Waals surface area contributed by atoms with Gasteiger partial charge in [0.1, 0.15) is 23.0 Å². The molecule has 0 N–H and O–H groups in total. The molecule has 8 rings (SSSR count). The van der Waals surface area contributed by atoms with E-state index in [1.165, 1.54) is 48.5 Å². The molecular formula is C56H38O10. The molecule has 8 aromatic carbocycles. The molecule has 0 aliphatic carbocycles. The normalized spacial score (nSPS) is 10.7. The molecule has 0 radical (unpaired) electrons. The Balaban J connectivity index is 1.03.